The number of aromatic nitrogens is 2. The number of benzene rings is 2. The fraction of sp³-hybridized carbons (Fsp3) is 0.406. The Kier molecular flexibility index (Phi) is 22.6. The lowest BCUT2D eigenvalue weighted by Gasteiger charge is -2.20. The van der Waals surface area contributed by atoms with Crippen LogP contribution in [-0.4, -0.2) is 55.6 Å². The van der Waals surface area contributed by atoms with Crippen LogP contribution in [0.15, 0.2) is 59.5 Å². The van der Waals surface area contributed by atoms with Crippen LogP contribution in [0.4, 0.5) is 0 Å². The number of hydrogen-bond acceptors (Lipinski definition) is 8. The number of nitrogens with one attached hydrogen (secondary N) is 3. The van der Waals surface area contributed by atoms with Crippen molar-refractivity contribution in [3.05, 3.63) is 87.6 Å². The van der Waals surface area contributed by atoms with Crippen molar-refractivity contribution in [3.63, 3.8) is 0 Å². The van der Waals surface area contributed by atoms with Crippen molar-refractivity contribution >= 4 is 17.8 Å². The highest BCUT2D eigenvalue weighted by atomic mass is 16.5. The number of carbonyl (C=O) groups excluding carboxylic acids is 3. The molecule has 0 saturated heterocycles. The summed E-state index contributed by atoms with van der Waals surface area (Å²) in [5.41, 5.74) is 0.380. The fourth-order valence-corrected chi connectivity index (χ4v) is 3.14. The zero-order valence-electron chi connectivity index (χ0n) is 27.3. The van der Waals surface area contributed by atoms with Gasteiger partial charge in [0.25, 0.3) is 17.4 Å². The lowest BCUT2D eigenvalue weighted by Crippen LogP contribution is -2.36. The summed E-state index contributed by atoms with van der Waals surface area (Å²) in [5.74, 6) is -1.21. The molecule has 3 aromatic rings. The smallest absolute Gasteiger partial charge is 0.325 e. The van der Waals surface area contributed by atoms with E-state index in [1.807, 2.05) is 55.4 Å². The highest BCUT2D eigenvalue weighted by Gasteiger charge is 2.21. The van der Waals surface area contributed by atoms with E-state index in [4.69, 9.17) is 9.47 Å². The Morgan fingerprint density at radius 2 is 1.19 bits per heavy atom. The summed E-state index contributed by atoms with van der Waals surface area (Å²) < 4.78 is 14.8. The first-order valence-electron chi connectivity index (χ1n) is 14.4. The van der Waals surface area contributed by atoms with Crippen LogP contribution in [0.25, 0.3) is 0 Å². The molecule has 0 aliphatic rings. The third kappa shape index (κ3) is 13.2. The van der Waals surface area contributed by atoms with E-state index in [-0.39, 0.29) is 11.4 Å². The largest absolute Gasteiger partial charge is 0.497 e. The van der Waals surface area contributed by atoms with E-state index in [9.17, 15) is 19.2 Å². The molecule has 0 fully saturated rings. The monoisotopic (exact) mass is 600 g/mol. The molecular weight excluding hydrogens is 552 g/mol. The molecule has 2 amide bonds. The molecule has 0 aliphatic carbocycles. The van der Waals surface area contributed by atoms with Crippen molar-refractivity contribution in [1.29, 1.82) is 0 Å². The molecule has 0 spiro atoms. The van der Waals surface area contributed by atoms with Gasteiger partial charge in [0, 0.05) is 6.20 Å². The number of rotatable bonds is 9. The van der Waals surface area contributed by atoms with Crippen molar-refractivity contribution < 1.29 is 28.6 Å². The molecule has 0 radical (unpaired) electrons. The standard InChI is InChI=1S/C24H24N4O7.4C2H6/c1-33-16-8-4-14(5-9-16)20(15-6-10-17(34-2)11-7-15)27-22(30)18-12-25-21(28-23(18)31)24(32)26-13-19(29)35-3;4*1-2/h4-12,20H,13H2,1-3H3,(H,26,32)(H,27,30)(H,25,28,31);4*1-2H3. The first kappa shape index (κ1) is 40.5. The number of methoxy groups -OCH3 is 3. The van der Waals surface area contributed by atoms with E-state index in [0.29, 0.717) is 11.5 Å². The summed E-state index contributed by atoms with van der Waals surface area (Å²) in [6, 6.07) is 13.6. The molecule has 3 rings (SSSR count). The molecule has 1 heterocycles. The van der Waals surface area contributed by atoms with Gasteiger partial charge in [-0.05, 0) is 35.4 Å². The second kappa shape index (κ2) is 24.0. The maximum absolute atomic E-state index is 13.0. The Morgan fingerprint density at radius 1 is 0.744 bits per heavy atom. The second-order valence-corrected chi connectivity index (χ2v) is 7.19. The van der Waals surface area contributed by atoms with Gasteiger partial charge in [0.2, 0.25) is 0 Å². The minimum absolute atomic E-state index is 0.290. The third-order valence-corrected chi connectivity index (χ3v) is 5.05. The molecule has 0 bridgehead atoms. The van der Waals surface area contributed by atoms with Gasteiger partial charge >= 0.3 is 5.97 Å². The molecule has 11 nitrogen and oxygen atoms in total. The van der Waals surface area contributed by atoms with Gasteiger partial charge in [0.05, 0.1) is 27.4 Å². The van der Waals surface area contributed by atoms with Crippen LogP contribution >= 0.6 is 0 Å². The maximum atomic E-state index is 13.0. The highest BCUT2D eigenvalue weighted by Crippen LogP contribution is 2.26. The van der Waals surface area contributed by atoms with Crippen molar-refractivity contribution in [2.45, 2.75) is 61.4 Å². The Balaban J connectivity index is 0. The van der Waals surface area contributed by atoms with Crippen molar-refractivity contribution in [1.82, 2.24) is 20.6 Å². The normalized spacial score (nSPS) is 9.02. The summed E-state index contributed by atoms with van der Waals surface area (Å²) in [5, 5.41) is 5.09. The van der Waals surface area contributed by atoms with Crippen molar-refractivity contribution in [2.24, 2.45) is 0 Å². The Hall–Kier alpha value is -4.67. The van der Waals surface area contributed by atoms with E-state index >= 15 is 0 Å². The van der Waals surface area contributed by atoms with Crippen LogP contribution in [-0.2, 0) is 9.53 Å². The lowest BCUT2D eigenvalue weighted by molar-refractivity contribution is -0.139. The quantitative estimate of drug-likeness (QED) is 0.280. The molecule has 3 N–H and O–H groups in total. The van der Waals surface area contributed by atoms with Gasteiger partial charge in [0.1, 0.15) is 23.6 Å². The number of nitrogens with zero attached hydrogens (tertiary/aromatic N) is 1. The zero-order valence-corrected chi connectivity index (χ0v) is 27.3. The number of aromatic amines is 1. The summed E-state index contributed by atoms with van der Waals surface area (Å²) in [4.78, 5) is 54.9. The van der Waals surface area contributed by atoms with Gasteiger partial charge in [-0.2, -0.15) is 0 Å². The number of H-pyrrole nitrogens is 1. The molecule has 43 heavy (non-hydrogen) atoms. The average molecular weight is 601 g/mol. The van der Waals surface area contributed by atoms with E-state index < -0.39 is 35.9 Å². The van der Waals surface area contributed by atoms with E-state index in [0.717, 1.165) is 17.3 Å². The van der Waals surface area contributed by atoms with Crippen LogP contribution in [0.5, 0.6) is 11.5 Å². The SMILES string of the molecule is CC.CC.CC.CC.COC(=O)CNC(=O)c1ncc(C(=O)NC(c2ccc(OC)cc2)c2ccc(OC)cc2)c(=O)[nH]1. The van der Waals surface area contributed by atoms with E-state index in [1.54, 1.807) is 62.8 Å². The molecule has 1 aromatic heterocycles. The summed E-state index contributed by atoms with van der Waals surface area (Å²) in [7, 11) is 4.28. The first-order valence-corrected chi connectivity index (χ1v) is 14.4. The highest BCUT2D eigenvalue weighted by molar-refractivity contribution is 5.95. The predicted octanol–water partition coefficient (Wildman–Crippen LogP) is 5.31. The fourth-order valence-electron chi connectivity index (χ4n) is 3.14. The lowest BCUT2D eigenvalue weighted by atomic mass is 9.98. The Morgan fingerprint density at radius 3 is 1.56 bits per heavy atom. The second-order valence-electron chi connectivity index (χ2n) is 7.19. The number of ether oxygens (including phenoxy) is 3. The van der Waals surface area contributed by atoms with Crippen molar-refractivity contribution in [2.75, 3.05) is 27.9 Å². The topological polar surface area (TPSA) is 149 Å². The van der Waals surface area contributed by atoms with E-state index in [1.165, 1.54) is 7.11 Å². The molecule has 2 aromatic carbocycles. The van der Waals surface area contributed by atoms with Gasteiger partial charge in [-0.15, -0.1) is 0 Å². The Labute approximate surface area is 255 Å². The third-order valence-electron chi connectivity index (χ3n) is 5.05. The van der Waals surface area contributed by atoms with Crippen LogP contribution in [0, 0.1) is 0 Å². The van der Waals surface area contributed by atoms with E-state index in [2.05, 4.69) is 25.3 Å². The maximum Gasteiger partial charge on any atom is 0.325 e. The minimum atomic E-state index is -0.816. The van der Waals surface area contributed by atoms with Crippen LogP contribution in [0.3, 0.4) is 0 Å². The molecule has 0 unspecified atom stereocenters. The molecule has 0 atom stereocenters. The average Bonchev–Trinajstić information content (AvgIpc) is 3.09. The molecule has 0 saturated carbocycles. The first-order chi connectivity index (χ1) is 20.9. The van der Waals surface area contributed by atoms with Gasteiger partial charge < -0.3 is 29.8 Å². The van der Waals surface area contributed by atoms with Gasteiger partial charge in [-0.1, -0.05) is 79.7 Å². The Bertz CT molecular complexity index is 1210. The van der Waals surface area contributed by atoms with Gasteiger partial charge in [-0.3, -0.25) is 19.2 Å². The molecule has 0 aliphatic heterocycles. The number of esters is 1. The molecular formula is C32H48N4O7. The summed E-state index contributed by atoms with van der Waals surface area (Å²) in [6.07, 6.45) is 1.00. The molecule has 11 heteroatoms. The van der Waals surface area contributed by atoms with Gasteiger partial charge in [-0.25, -0.2) is 4.98 Å². The predicted molar refractivity (Wildman–Crippen MR) is 170 cm³/mol. The van der Waals surface area contributed by atoms with Gasteiger partial charge in [0.15, 0.2) is 5.82 Å². The van der Waals surface area contributed by atoms with Crippen LogP contribution in [0.2, 0.25) is 0 Å². The minimum Gasteiger partial charge on any atom is -0.497 e. The molecule has 238 valence electrons. The van der Waals surface area contributed by atoms with Crippen LogP contribution < -0.4 is 25.7 Å². The number of amides is 2. The summed E-state index contributed by atoms with van der Waals surface area (Å²) >= 11 is 0. The van der Waals surface area contributed by atoms with Crippen molar-refractivity contribution in [3.8, 4) is 11.5 Å². The van der Waals surface area contributed by atoms with Crippen LogP contribution in [0.1, 0.15) is 93.5 Å². The number of hydrogen-bond donors (Lipinski definition) is 3. The zero-order chi connectivity index (χ0) is 33.4. The summed E-state index contributed by atoms with van der Waals surface area (Å²) in [6.45, 7) is 15.6. The number of carbonyl (C=O) groups is 3.